The Bertz CT molecular complexity index is 546. The van der Waals surface area contributed by atoms with Crippen molar-refractivity contribution in [2.45, 2.75) is 13.8 Å². The van der Waals surface area contributed by atoms with E-state index in [1.165, 1.54) is 0 Å². The Morgan fingerprint density at radius 1 is 1.56 bits per heavy atom. The van der Waals surface area contributed by atoms with Crippen LogP contribution in [0.25, 0.3) is 5.52 Å². The molecule has 2 rings (SSSR count). The Kier molecular flexibility index (Phi) is 3.45. The molecule has 6 nitrogen and oxygen atoms in total. The zero-order valence-electron chi connectivity index (χ0n) is 10.7. The fourth-order valence-electron chi connectivity index (χ4n) is 1.88. The molecular weight excluding hydrogens is 228 g/mol. The highest BCUT2D eigenvalue weighted by molar-refractivity contribution is 5.80. The van der Waals surface area contributed by atoms with Gasteiger partial charge in [-0.1, -0.05) is 6.92 Å². The van der Waals surface area contributed by atoms with E-state index in [-0.39, 0.29) is 11.8 Å². The minimum atomic E-state index is 0.00919. The van der Waals surface area contributed by atoms with Gasteiger partial charge in [0.25, 0.3) is 0 Å². The summed E-state index contributed by atoms with van der Waals surface area (Å²) in [5, 5.41) is 11.7. The first-order chi connectivity index (χ1) is 8.63. The summed E-state index contributed by atoms with van der Waals surface area (Å²) in [6, 6.07) is 1.93. The molecular formula is C12H18N6. The lowest BCUT2D eigenvalue weighted by Crippen LogP contribution is -2.35. The highest BCUT2D eigenvalue weighted by Crippen LogP contribution is 2.18. The monoisotopic (exact) mass is 246 g/mol. The van der Waals surface area contributed by atoms with Crippen LogP contribution in [0.4, 0.5) is 5.82 Å². The van der Waals surface area contributed by atoms with E-state index in [0.29, 0.717) is 6.54 Å². The van der Waals surface area contributed by atoms with Crippen LogP contribution in [0, 0.1) is 11.3 Å². The predicted octanol–water partition coefficient (Wildman–Crippen LogP) is 1.13. The van der Waals surface area contributed by atoms with Crippen LogP contribution in [-0.4, -0.2) is 33.5 Å². The number of hydrogen-bond donors (Lipinski definition) is 2. The molecule has 0 radical (unpaired) electrons. The third-order valence-electron chi connectivity index (χ3n) is 3.01. The number of amidine groups is 1. The van der Waals surface area contributed by atoms with Crippen LogP contribution in [0.15, 0.2) is 24.7 Å². The van der Waals surface area contributed by atoms with Gasteiger partial charge < -0.3 is 10.6 Å². The molecule has 0 spiro atoms. The Hall–Kier alpha value is -2.11. The van der Waals surface area contributed by atoms with Crippen LogP contribution in [-0.2, 0) is 0 Å². The molecule has 0 saturated carbocycles. The van der Waals surface area contributed by atoms with Gasteiger partial charge in [-0.15, -0.1) is 0 Å². The summed E-state index contributed by atoms with van der Waals surface area (Å²) in [7, 11) is 0. The second kappa shape index (κ2) is 5.03. The molecule has 0 saturated heterocycles. The molecule has 18 heavy (non-hydrogen) atoms. The van der Waals surface area contributed by atoms with Crippen LogP contribution in [0.5, 0.6) is 0 Å². The molecule has 2 aromatic rings. The topological polar surface area (TPSA) is 83.3 Å². The largest absolute Gasteiger partial charge is 0.387 e. The maximum absolute atomic E-state index is 7.48. The Morgan fingerprint density at radius 2 is 2.33 bits per heavy atom. The summed E-state index contributed by atoms with van der Waals surface area (Å²) >= 11 is 0. The zero-order chi connectivity index (χ0) is 13.1. The van der Waals surface area contributed by atoms with Gasteiger partial charge in [0.15, 0.2) is 5.82 Å². The van der Waals surface area contributed by atoms with E-state index in [4.69, 9.17) is 11.1 Å². The minimum absolute atomic E-state index is 0.00919. The number of nitrogens with two attached hydrogens (primary N) is 1. The van der Waals surface area contributed by atoms with Crippen molar-refractivity contribution in [2.75, 3.05) is 18.0 Å². The van der Waals surface area contributed by atoms with Crippen molar-refractivity contribution in [3.05, 3.63) is 24.7 Å². The van der Waals surface area contributed by atoms with Crippen LogP contribution in [0.2, 0.25) is 0 Å². The number of anilines is 1. The summed E-state index contributed by atoms with van der Waals surface area (Å²) in [5.74, 6) is 1.09. The van der Waals surface area contributed by atoms with Gasteiger partial charge in [-0.25, -0.2) is 9.50 Å². The smallest absolute Gasteiger partial charge is 0.154 e. The number of rotatable bonds is 5. The van der Waals surface area contributed by atoms with Crippen molar-refractivity contribution in [1.82, 2.24) is 14.6 Å². The van der Waals surface area contributed by atoms with Gasteiger partial charge in [-0.05, 0) is 13.0 Å². The maximum Gasteiger partial charge on any atom is 0.154 e. The summed E-state index contributed by atoms with van der Waals surface area (Å²) < 4.78 is 1.80. The Labute approximate surface area is 106 Å². The molecule has 1 unspecified atom stereocenters. The van der Waals surface area contributed by atoms with Crippen molar-refractivity contribution in [1.29, 1.82) is 5.41 Å². The van der Waals surface area contributed by atoms with E-state index in [1.54, 1.807) is 16.9 Å². The van der Waals surface area contributed by atoms with Crippen molar-refractivity contribution < 1.29 is 0 Å². The number of hydrogen-bond acceptors (Lipinski definition) is 4. The zero-order valence-corrected chi connectivity index (χ0v) is 10.7. The third-order valence-corrected chi connectivity index (χ3v) is 3.01. The molecule has 0 aliphatic rings. The molecule has 0 bridgehead atoms. The first-order valence-electron chi connectivity index (χ1n) is 6.00. The second-order valence-corrected chi connectivity index (χ2v) is 4.31. The summed E-state index contributed by atoms with van der Waals surface area (Å²) in [6.45, 7) is 5.51. The molecule has 6 heteroatoms. The van der Waals surface area contributed by atoms with E-state index < -0.39 is 0 Å². The van der Waals surface area contributed by atoms with Crippen LogP contribution >= 0.6 is 0 Å². The maximum atomic E-state index is 7.48. The first kappa shape index (κ1) is 12.3. The lowest BCUT2D eigenvalue weighted by Gasteiger charge is -2.25. The van der Waals surface area contributed by atoms with Gasteiger partial charge in [-0.3, -0.25) is 5.41 Å². The van der Waals surface area contributed by atoms with Gasteiger partial charge in [0.2, 0.25) is 0 Å². The molecule has 3 N–H and O–H groups in total. The van der Waals surface area contributed by atoms with Gasteiger partial charge in [0, 0.05) is 31.4 Å². The molecule has 0 fully saturated rings. The quantitative estimate of drug-likeness (QED) is 0.612. The number of nitrogens with one attached hydrogen (secondary N) is 1. The van der Waals surface area contributed by atoms with Gasteiger partial charge >= 0.3 is 0 Å². The first-order valence-corrected chi connectivity index (χ1v) is 6.00. The Balaban J connectivity index is 2.32. The van der Waals surface area contributed by atoms with Crippen molar-refractivity contribution >= 4 is 17.2 Å². The normalized spacial score (nSPS) is 12.6. The summed E-state index contributed by atoms with van der Waals surface area (Å²) in [5.41, 5.74) is 6.50. The van der Waals surface area contributed by atoms with Gasteiger partial charge in [-0.2, -0.15) is 5.10 Å². The van der Waals surface area contributed by atoms with Crippen LogP contribution < -0.4 is 10.6 Å². The van der Waals surface area contributed by atoms with E-state index in [1.807, 2.05) is 19.2 Å². The molecule has 2 heterocycles. The SMILES string of the molecule is CCN(CC(C)C(=N)N)c1nccn2nccc12. The summed E-state index contributed by atoms with van der Waals surface area (Å²) in [6.07, 6.45) is 5.31. The Morgan fingerprint density at radius 3 is 3.00 bits per heavy atom. The lowest BCUT2D eigenvalue weighted by molar-refractivity contribution is 0.690. The van der Waals surface area contributed by atoms with Crippen molar-refractivity contribution in [2.24, 2.45) is 11.7 Å². The van der Waals surface area contributed by atoms with E-state index in [2.05, 4.69) is 21.9 Å². The fourth-order valence-corrected chi connectivity index (χ4v) is 1.88. The number of fused-ring (bicyclic) bond motifs is 1. The highest BCUT2D eigenvalue weighted by Gasteiger charge is 2.15. The van der Waals surface area contributed by atoms with E-state index in [0.717, 1.165) is 17.9 Å². The lowest BCUT2D eigenvalue weighted by atomic mass is 10.1. The molecule has 0 aliphatic heterocycles. The second-order valence-electron chi connectivity index (χ2n) is 4.31. The van der Waals surface area contributed by atoms with Gasteiger partial charge in [0.1, 0.15) is 5.52 Å². The van der Waals surface area contributed by atoms with E-state index in [9.17, 15) is 0 Å². The van der Waals surface area contributed by atoms with Crippen molar-refractivity contribution in [3.8, 4) is 0 Å². The average molecular weight is 246 g/mol. The highest BCUT2D eigenvalue weighted by atomic mass is 15.3. The number of nitrogens with zero attached hydrogens (tertiary/aromatic N) is 4. The average Bonchev–Trinajstić information content (AvgIpc) is 2.83. The molecule has 2 aromatic heterocycles. The standard InChI is InChI=1S/C12H18N6/c1-3-17(8-9(2)11(13)14)12-10-4-5-16-18(10)7-6-15-12/h4-7,9H,3,8H2,1-2H3,(H3,13,14). The fraction of sp³-hybridized carbons (Fsp3) is 0.417. The molecule has 0 aliphatic carbocycles. The predicted molar refractivity (Wildman–Crippen MR) is 72.0 cm³/mol. The molecule has 0 amide bonds. The van der Waals surface area contributed by atoms with Crippen LogP contribution in [0.3, 0.4) is 0 Å². The van der Waals surface area contributed by atoms with Gasteiger partial charge in [0.05, 0.1) is 12.0 Å². The van der Waals surface area contributed by atoms with Crippen LogP contribution in [0.1, 0.15) is 13.8 Å². The molecule has 1 atom stereocenters. The molecule has 96 valence electrons. The summed E-state index contributed by atoms with van der Waals surface area (Å²) in [4.78, 5) is 6.53. The van der Waals surface area contributed by atoms with Crippen molar-refractivity contribution in [3.63, 3.8) is 0 Å². The third kappa shape index (κ3) is 2.27. The number of aromatic nitrogens is 3. The molecule has 0 aromatic carbocycles. The minimum Gasteiger partial charge on any atom is -0.387 e. The van der Waals surface area contributed by atoms with E-state index >= 15 is 0 Å².